The summed E-state index contributed by atoms with van der Waals surface area (Å²) < 4.78 is 8.29. The average Bonchev–Trinajstić information content (AvgIpc) is 3.23. The van der Waals surface area contributed by atoms with Crippen molar-refractivity contribution in [2.45, 2.75) is 59.8 Å². The minimum absolute atomic E-state index is 0.215. The predicted octanol–water partition coefficient (Wildman–Crippen LogP) is 11.1. The zero-order chi connectivity index (χ0) is 40.0. The van der Waals surface area contributed by atoms with Crippen molar-refractivity contribution in [2.24, 2.45) is 0 Å². The van der Waals surface area contributed by atoms with Crippen LogP contribution in [0.1, 0.15) is 69.8 Å². The normalized spacial score (nSPS) is 12.2. The quantitative estimate of drug-likeness (QED) is 0.0963. The van der Waals surface area contributed by atoms with Crippen LogP contribution in [0.3, 0.4) is 0 Å². The topological polar surface area (TPSA) is 69.9 Å². The number of aryl methyl sites for hydroxylation is 3. The van der Waals surface area contributed by atoms with Gasteiger partial charge in [0.15, 0.2) is 0 Å². The van der Waals surface area contributed by atoms with Gasteiger partial charge in [-0.05, 0) is 0 Å². The number of phenolic OH excluding ortho intramolecular Hbond substituents is 3. The van der Waals surface area contributed by atoms with Crippen LogP contribution < -0.4 is 20.4 Å². The SMILES string of the molecule is CCCCP(Oc1c(Cc2cc(C)ccc2O)cccc1Cc1cc(C)cc(Cc2cc(C)ccc2O)c1O)(c1ccccc1)(c1ccccc1)c1ccccc1. The fourth-order valence-electron chi connectivity index (χ4n) is 8.49. The number of aromatic hydroxyl groups is 3. The van der Waals surface area contributed by atoms with Gasteiger partial charge in [0.2, 0.25) is 0 Å². The van der Waals surface area contributed by atoms with Gasteiger partial charge in [-0.1, -0.05) is 0 Å². The van der Waals surface area contributed by atoms with Crippen molar-refractivity contribution in [2.75, 3.05) is 6.16 Å². The molecule has 0 aliphatic rings. The van der Waals surface area contributed by atoms with Gasteiger partial charge in [0, 0.05) is 0 Å². The molecule has 0 atom stereocenters. The van der Waals surface area contributed by atoms with E-state index in [9.17, 15) is 15.3 Å². The Morgan fingerprint density at radius 2 is 0.842 bits per heavy atom. The zero-order valence-electron chi connectivity index (χ0n) is 33.5. The van der Waals surface area contributed by atoms with Crippen molar-refractivity contribution in [3.8, 4) is 23.0 Å². The van der Waals surface area contributed by atoms with Gasteiger partial charge < -0.3 is 0 Å². The van der Waals surface area contributed by atoms with E-state index >= 15 is 0 Å². The average molecular weight is 773 g/mol. The first-order valence-corrected chi connectivity index (χ1v) is 22.3. The van der Waals surface area contributed by atoms with Crippen LogP contribution in [-0.4, -0.2) is 21.5 Å². The van der Waals surface area contributed by atoms with Gasteiger partial charge in [-0.2, -0.15) is 0 Å². The van der Waals surface area contributed by atoms with Crippen molar-refractivity contribution in [1.29, 1.82) is 0 Å². The van der Waals surface area contributed by atoms with Gasteiger partial charge in [-0.3, -0.25) is 0 Å². The molecule has 5 heteroatoms. The van der Waals surface area contributed by atoms with Crippen LogP contribution in [0.2, 0.25) is 0 Å². The number of unbranched alkanes of at least 4 members (excludes halogenated alkanes) is 1. The van der Waals surface area contributed by atoms with Crippen LogP contribution in [0.25, 0.3) is 0 Å². The molecule has 0 heterocycles. The summed E-state index contributed by atoms with van der Waals surface area (Å²) in [5.74, 6) is 1.44. The molecule has 0 saturated heterocycles. The van der Waals surface area contributed by atoms with Crippen molar-refractivity contribution in [1.82, 2.24) is 0 Å². The summed E-state index contributed by atoms with van der Waals surface area (Å²) in [5.41, 5.74) is 8.17. The molecule has 7 aromatic rings. The molecule has 0 bridgehead atoms. The second-order valence-electron chi connectivity index (χ2n) is 15.5. The molecule has 0 aliphatic carbocycles. The molecule has 7 aromatic carbocycles. The van der Waals surface area contributed by atoms with Crippen LogP contribution in [0, 0.1) is 20.8 Å². The van der Waals surface area contributed by atoms with Crippen molar-refractivity contribution in [3.05, 3.63) is 208 Å². The standard InChI is InChI=1S/C52H53O4P/c1-5-6-29-57(46-19-10-7-11-20-46,47-21-12-8-13-22-47,48-23-14-9-15-24-48)56-52-40(34-42-30-37(2)25-27-49(42)53)17-16-18-41(52)35-44-32-39(4)33-45(51(44)55)36-43-31-38(3)26-28-50(43)54/h7-28,30-33,53-55H,5-6,29,34-36H2,1-4H3. The molecule has 0 fully saturated rings. The fraction of sp³-hybridized carbons (Fsp3) is 0.192. The van der Waals surface area contributed by atoms with Gasteiger partial charge in [0.05, 0.1) is 0 Å². The summed E-state index contributed by atoms with van der Waals surface area (Å²) in [4.78, 5) is 0. The third kappa shape index (κ3) is 7.80. The first-order chi connectivity index (χ1) is 27.6. The van der Waals surface area contributed by atoms with E-state index in [2.05, 4.69) is 122 Å². The number of rotatable bonds is 14. The first-order valence-electron chi connectivity index (χ1n) is 20.0. The molecular formula is C52H53O4P. The molecule has 0 aliphatic heterocycles. The van der Waals surface area contributed by atoms with Crippen LogP contribution in [0.5, 0.6) is 23.0 Å². The summed E-state index contributed by atoms with van der Waals surface area (Å²) in [6.45, 7) is 4.49. The molecule has 0 saturated carbocycles. The number of hydrogen-bond donors (Lipinski definition) is 3. The molecule has 7 rings (SSSR count). The van der Waals surface area contributed by atoms with Crippen LogP contribution in [-0.2, 0) is 19.3 Å². The number of para-hydroxylation sites is 1. The van der Waals surface area contributed by atoms with Gasteiger partial charge >= 0.3 is 339 Å². The second kappa shape index (κ2) is 16.7. The second-order valence-corrected chi connectivity index (χ2v) is 20.1. The zero-order valence-corrected chi connectivity index (χ0v) is 34.3. The van der Waals surface area contributed by atoms with E-state index in [1.165, 1.54) is 0 Å². The third-order valence-corrected chi connectivity index (χ3v) is 17.3. The molecule has 4 nitrogen and oxygen atoms in total. The molecule has 0 aromatic heterocycles. The molecule has 0 spiro atoms. The van der Waals surface area contributed by atoms with E-state index < -0.39 is 6.83 Å². The molecule has 57 heavy (non-hydrogen) atoms. The number of hydrogen-bond acceptors (Lipinski definition) is 4. The molecule has 0 amide bonds. The Morgan fingerprint density at radius 1 is 0.439 bits per heavy atom. The Bertz CT molecular complexity index is 2380. The summed E-state index contributed by atoms with van der Waals surface area (Å²) in [6.07, 6.45) is 3.95. The van der Waals surface area contributed by atoms with Crippen LogP contribution in [0.15, 0.2) is 158 Å². The number of phenols is 3. The summed E-state index contributed by atoms with van der Waals surface area (Å²) in [5, 5.41) is 37.4. The number of benzene rings is 7. The maximum absolute atomic E-state index is 12.0. The summed E-state index contributed by atoms with van der Waals surface area (Å²) >= 11 is 0. The molecule has 3 N–H and O–H groups in total. The Kier molecular flexibility index (Phi) is 11.6. The molecule has 290 valence electrons. The van der Waals surface area contributed by atoms with Gasteiger partial charge in [0.1, 0.15) is 0 Å². The van der Waals surface area contributed by atoms with Crippen molar-refractivity contribution >= 4 is 22.7 Å². The monoisotopic (exact) mass is 772 g/mol. The Balaban J connectivity index is 1.50. The summed E-state index contributed by atoms with van der Waals surface area (Å²) in [7, 11) is 0. The Hall–Kier alpha value is -5.83. The summed E-state index contributed by atoms with van der Waals surface area (Å²) in [6, 6.07) is 54.0. The van der Waals surface area contributed by atoms with E-state index in [4.69, 9.17) is 4.52 Å². The van der Waals surface area contributed by atoms with Gasteiger partial charge in [0.25, 0.3) is 0 Å². The maximum atomic E-state index is 12.0. The van der Waals surface area contributed by atoms with E-state index in [-0.39, 0.29) is 17.2 Å². The first kappa shape index (κ1) is 39.4. The van der Waals surface area contributed by atoms with Crippen LogP contribution >= 0.6 is 6.83 Å². The Labute approximate surface area is 338 Å². The van der Waals surface area contributed by atoms with E-state index in [1.807, 2.05) is 51.1 Å². The van der Waals surface area contributed by atoms with E-state index in [0.29, 0.717) is 19.3 Å². The van der Waals surface area contributed by atoms with Crippen LogP contribution in [0.4, 0.5) is 0 Å². The third-order valence-electron chi connectivity index (χ3n) is 11.3. The van der Waals surface area contributed by atoms with E-state index in [0.717, 1.165) is 90.7 Å². The molecule has 0 unspecified atom stereocenters. The fourth-order valence-corrected chi connectivity index (χ4v) is 14.5. The molecular weight excluding hydrogens is 720 g/mol. The van der Waals surface area contributed by atoms with Gasteiger partial charge in [-0.15, -0.1) is 0 Å². The Morgan fingerprint density at radius 3 is 1.28 bits per heavy atom. The van der Waals surface area contributed by atoms with Gasteiger partial charge in [-0.25, -0.2) is 0 Å². The predicted molar refractivity (Wildman–Crippen MR) is 239 cm³/mol. The molecule has 0 radical (unpaired) electrons. The van der Waals surface area contributed by atoms with Crippen molar-refractivity contribution in [3.63, 3.8) is 0 Å². The van der Waals surface area contributed by atoms with E-state index in [1.54, 1.807) is 12.1 Å². The minimum atomic E-state index is -3.85. The van der Waals surface area contributed by atoms with Crippen molar-refractivity contribution < 1.29 is 19.8 Å².